The number of hydrogen-bond donors (Lipinski definition) is 2. The Balaban J connectivity index is 1.55. The summed E-state index contributed by atoms with van der Waals surface area (Å²) in [5, 5.41) is 19.7. The zero-order valence-corrected chi connectivity index (χ0v) is 21.1. The molecule has 0 saturated carbocycles. The molecule has 0 amide bonds. The molecule has 0 aliphatic rings. The number of phenols is 2. The van der Waals surface area contributed by atoms with Gasteiger partial charge < -0.3 is 0 Å². The van der Waals surface area contributed by atoms with Crippen molar-refractivity contribution in [1.82, 2.24) is 0 Å². The fourth-order valence-corrected chi connectivity index (χ4v) is 13.7. The number of rotatable bonds is 11. The molecule has 28 heavy (non-hydrogen) atoms. The van der Waals surface area contributed by atoms with E-state index < -0.39 is 0 Å². The van der Waals surface area contributed by atoms with Crippen LogP contribution in [0.3, 0.4) is 0 Å². The van der Waals surface area contributed by atoms with Crippen LogP contribution in [0.25, 0.3) is 0 Å². The van der Waals surface area contributed by atoms with Crippen molar-refractivity contribution in [3.63, 3.8) is 0 Å². The standard InChI is InChI=1S/C22H28N2O2Te2/c1-17(19-9-3-5-11-21(19)25)23-13-7-15-27-28-16-8-14-24-18(2)20-10-4-6-12-22(20)26/h3-6,9-12,25-26H,7-8,13-16H2,1-2H3. The van der Waals surface area contributed by atoms with Crippen molar-refractivity contribution in [3.8, 4) is 11.5 Å². The Bertz CT molecular complexity index is 739. The van der Waals surface area contributed by atoms with Crippen molar-refractivity contribution >= 4 is 45.5 Å². The van der Waals surface area contributed by atoms with Crippen LogP contribution in [0.2, 0.25) is 8.94 Å². The van der Waals surface area contributed by atoms with Crippen LogP contribution in [0.4, 0.5) is 0 Å². The summed E-state index contributed by atoms with van der Waals surface area (Å²) in [6.45, 7) is 5.67. The summed E-state index contributed by atoms with van der Waals surface area (Å²) in [5.74, 6) is 0.620. The summed E-state index contributed by atoms with van der Waals surface area (Å²) in [4.78, 5) is 9.22. The Kier molecular flexibility index (Phi) is 11.0. The Morgan fingerprint density at radius 3 is 1.50 bits per heavy atom. The Morgan fingerprint density at radius 2 is 1.11 bits per heavy atom. The zero-order chi connectivity index (χ0) is 20.2. The summed E-state index contributed by atoms with van der Waals surface area (Å²) < 4.78 is 2.73. The van der Waals surface area contributed by atoms with E-state index in [2.05, 4.69) is 9.98 Å². The second kappa shape index (κ2) is 13.2. The number of aliphatic imine (C=N–C) groups is 2. The van der Waals surface area contributed by atoms with Crippen LogP contribution in [0, 0.1) is 0 Å². The third-order valence-corrected chi connectivity index (χ3v) is 16.8. The molecule has 0 unspecified atom stereocenters. The molecule has 0 aromatic heterocycles. The van der Waals surface area contributed by atoms with E-state index in [1.165, 1.54) is 21.8 Å². The van der Waals surface area contributed by atoms with E-state index in [1.807, 2.05) is 50.2 Å². The number of para-hydroxylation sites is 2. The molecule has 0 spiro atoms. The third-order valence-electron chi connectivity index (χ3n) is 4.14. The van der Waals surface area contributed by atoms with Gasteiger partial charge in [-0.25, -0.2) is 0 Å². The molecular weight excluding hydrogens is 579 g/mol. The van der Waals surface area contributed by atoms with Gasteiger partial charge in [0.2, 0.25) is 0 Å². The molecule has 6 heteroatoms. The van der Waals surface area contributed by atoms with E-state index in [1.54, 1.807) is 12.1 Å². The molecule has 0 atom stereocenters. The zero-order valence-electron chi connectivity index (χ0n) is 16.5. The first kappa shape index (κ1) is 23.2. The molecule has 0 saturated heterocycles. The minimum atomic E-state index is 0.193. The first-order valence-corrected chi connectivity index (χ1v) is 20.1. The second-order valence-electron chi connectivity index (χ2n) is 6.32. The number of benzene rings is 2. The first-order valence-electron chi connectivity index (χ1n) is 9.43. The molecule has 0 aliphatic heterocycles. The summed E-state index contributed by atoms with van der Waals surface area (Å²) >= 11 is 0.386. The molecule has 0 aliphatic carbocycles. The number of nitrogens with zero attached hydrogens (tertiary/aromatic N) is 2. The predicted octanol–water partition coefficient (Wildman–Crippen LogP) is 4.36. The van der Waals surface area contributed by atoms with Crippen molar-refractivity contribution in [2.75, 3.05) is 13.1 Å². The van der Waals surface area contributed by atoms with Gasteiger partial charge in [0.25, 0.3) is 0 Å². The second-order valence-corrected chi connectivity index (χ2v) is 19.0. The average molecular weight is 608 g/mol. The molecule has 0 heterocycles. The van der Waals surface area contributed by atoms with Gasteiger partial charge in [-0.1, -0.05) is 0 Å². The summed E-state index contributed by atoms with van der Waals surface area (Å²) in [6.07, 6.45) is 2.34. The van der Waals surface area contributed by atoms with Crippen LogP contribution < -0.4 is 0 Å². The maximum absolute atomic E-state index is 9.85. The molecule has 4 nitrogen and oxygen atoms in total. The SMILES string of the molecule is CC(=NCCC[Te][Te]CCCN=C(C)c1ccccc1O)c1ccccc1O. The van der Waals surface area contributed by atoms with Crippen molar-refractivity contribution < 1.29 is 10.2 Å². The summed E-state index contributed by atoms with van der Waals surface area (Å²) in [5.41, 5.74) is 3.53. The summed E-state index contributed by atoms with van der Waals surface area (Å²) in [7, 11) is 0. The van der Waals surface area contributed by atoms with Gasteiger partial charge in [-0.05, 0) is 0 Å². The van der Waals surface area contributed by atoms with Gasteiger partial charge in [0.1, 0.15) is 0 Å². The molecule has 150 valence electrons. The van der Waals surface area contributed by atoms with E-state index in [9.17, 15) is 10.2 Å². The van der Waals surface area contributed by atoms with Crippen molar-refractivity contribution in [1.29, 1.82) is 0 Å². The van der Waals surface area contributed by atoms with Gasteiger partial charge in [-0.15, -0.1) is 0 Å². The van der Waals surface area contributed by atoms with E-state index in [-0.39, 0.29) is 34.1 Å². The average Bonchev–Trinajstić information content (AvgIpc) is 2.69. The van der Waals surface area contributed by atoms with Gasteiger partial charge in [-0.3, -0.25) is 0 Å². The van der Waals surface area contributed by atoms with Crippen molar-refractivity contribution in [2.45, 2.75) is 35.6 Å². The van der Waals surface area contributed by atoms with E-state index in [4.69, 9.17) is 0 Å². The van der Waals surface area contributed by atoms with Gasteiger partial charge in [0.05, 0.1) is 0 Å². The minimum absolute atomic E-state index is 0.193. The maximum atomic E-state index is 9.85. The van der Waals surface area contributed by atoms with Gasteiger partial charge >= 0.3 is 186 Å². The fourth-order valence-electron chi connectivity index (χ4n) is 2.59. The van der Waals surface area contributed by atoms with Gasteiger partial charge in [0.15, 0.2) is 0 Å². The number of aromatic hydroxyl groups is 2. The molecule has 2 N–H and O–H groups in total. The first-order chi connectivity index (χ1) is 13.6. The molecule has 0 fully saturated rings. The molecule has 2 aromatic rings. The Labute approximate surface area is 184 Å². The Hall–Kier alpha value is -1.04. The van der Waals surface area contributed by atoms with Crippen LogP contribution >= 0.6 is 0 Å². The van der Waals surface area contributed by atoms with E-state index in [0.29, 0.717) is 11.5 Å². The summed E-state index contributed by atoms with van der Waals surface area (Å²) in [6, 6.07) is 14.8. The monoisotopic (exact) mass is 612 g/mol. The fraction of sp³-hybridized carbons (Fsp3) is 0.364. The van der Waals surface area contributed by atoms with Crippen LogP contribution in [-0.4, -0.2) is 68.8 Å². The molecule has 2 rings (SSSR count). The van der Waals surface area contributed by atoms with Gasteiger partial charge in [-0.2, -0.15) is 0 Å². The van der Waals surface area contributed by atoms with Crippen LogP contribution in [0.5, 0.6) is 11.5 Å². The van der Waals surface area contributed by atoms with Crippen LogP contribution in [0.15, 0.2) is 58.5 Å². The Morgan fingerprint density at radius 1 is 0.714 bits per heavy atom. The van der Waals surface area contributed by atoms with E-state index >= 15 is 0 Å². The van der Waals surface area contributed by atoms with Crippen LogP contribution in [-0.2, 0) is 0 Å². The number of hydrogen-bond acceptors (Lipinski definition) is 4. The number of phenolic OH excluding ortho intramolecular Hbond substituents is 2. The van der Waals surface area contributed by atoms with Crippen molar-refractivity contribution in [3.05, 3.63) is 59.7 Å². The quantitative estimate of drug-likeness (QED) is 0.227. The normalized spacial score (nSPS) is 12.4. The molecule has 2 aromatic carbocycles. The molecule has 0 bridgehead atoms. The third kappa shape index (κ3) is 8.14. The predicted molar refractivity (Wildman–Crippen MR) is 121 cm³/mol. The molecular formula is C22H28N2O2Te2. The van der Waals surface area contributed by atoms with Gasteiger partial charge in [0, 0.05) is 0 Å². The topological polar surface area (TPSA) is 65.2 Å². The van der Waals surface area contributed by atoms with Crippen molar-refractivity contribution in [2.24, 2.45) is 9.98 Å². The van der Waals surface area contributed by atoms with Crippen LogP contribution in [0.1, 0.15) is 37.8 Å². The molecule has 0 radical (unpaired) electrons. The van der Waals surface area contributed by atoms with E-state index in [0.717, 1.165) is 35.6 Å².